The van der Waals surface area contributed by atoms with E-state index in [1.165, 1.54) is 30.4 Å². The molecule has 0 radical (unpaired) electrons. The van der Waals surface area contributed by atoms with Crippen molar-refractivity contribution in [1.82, 2.24) is 15.0 Å². The monoisotopic (exact) mass is 547 g/mol. The van der Waals surface area contributed by atoms with Crippen LogP contribution in [0.2, 0.25) is 0 Å². The van der Waals surface area contributed by atoms with E-state index in [1.54, 1.807) is 11.3 Å². The molecule has 0 fully saturated rings. The fourth-order valence-electron chi connectivity index (χ4n) is 5.28. The zero-order chi connectivity index (χ0) is 26.5. The first-order valence-corrected chi connectivity index (χ1v) is 14.8. The SMILES string of the molecule is c1ccc(-c2cc(-c3cccc4sc5c(-c6nc7ccccc7s6)cccc5c34)nc(-c3ccccc3)n2)cc1. The Morgan fingerprint density at radius 2 is 1.15 bits per heavy atom. The minimum atomic E-state index is 0.726. The van der Waals surface area contributed by atoms with Gasteiger partial charge in [0.1, 0.15) is 5.01 Å². The first-order valence-electron chi connectivity index (χ1n) is 13.1. The molecule has 0 aliphatic rings. The van der Waals surface area contributed by atoms with Crippen molar-refractivity contribution in [3.05, 3.63) is 127 Å². The Hall–Kier alpha value is -4.71. The lowest BCUT2D eigenvalue weighted by molar-refractivity contribution is 1.19. The first-order chi connectivity index (χ1) is 19.8. The highest BCUT2D eigenvalue weighted by atomic mass is 32.1. The van der Waals surface area contributed by atoms with Gasteiger partial charge in [-0.1, -0.05) is 103 Å². The van der Waals surface area contributed by atoms with E-state index in [4.69, 9.17) is 15.0 Å². The fraction of sp³-hybridized carbons (Fsp3) is 0. The zero-order valence-corrected chi connectivity index (χ0v) is 22.9. The molecule has 0 amide bonds. The van der Waals surface area contributed by atoms with Crippen LogP contribution in [0.3, 0.4) is 0 Å². The minimum absolute atomic E-state index is 0.726. The van der Waals surface area contributed by atoms with Crippen LogP contribution in [0.5, 0.6) is 0 Å². The van der Waals surface area contributed by atoms with Crippen molar-refractivity contribution in [2.75, 3.05) is 0 Å². The summed E-state index contributed by atoms with van der Waals surface area (Å²) in [4.78, 5) is 15.1. The summed E-state index contributed by atoms with van der Waals surface area (Å²) in [6, 6.07) is 44.1. The largest absolute Gasteiger partial charge is 0.236 e. The lowest BCUT2D eigenvalue weighted by Crippen LogP contribution is -1.96. The van der Waals surface area contributed by atoms with Crippen LogP contribution < -0.4 is 0 Å². The van der Waals surface area contributed by atoms with Gasteiger partial charge in [-0.25, -0.2) is 15.0 Å². The van der Waals surface area contributed by atoms with Gasteiger partial charge in [0, 0.05) is 42.4 Å². The highest BCUT2D eigenvalue weighted by molar-refractivity contribution is 7.27. The van der Waals surface area contributed by atoms with Gasteiger partial charge >= 0.3 is 0 Å². The van der Waals surface area contributed by atoms with E-state index in [0.29, 0.717) is 0 Å². The smallest absolute Gasteiger partial charge is 0.160 e. The van der Waals surface area contributed by atoms with Crippen LogP contribution in [0.25, 0.3) is 74.9 Å². The molecule has 0 bridgehead atoms. The van der Waals surface area contributed by atoms with Crippen molar-refractivity contribution < 1.29 is 0 Å². The maximum absolute atomic E-state index is 5.13. The summed E-state index contributed by atoms with van der Waals surface area (Å²) < 4.78 is 3.70. The number of aromatic nitrogens is 3. The Bertz CT molecular complexity index is 2070. The van der Waals surface area contributed by atoms with E-state index >= 15 is 0 Å². The van der Waals surface area contributed by atoms with Gasteiger partial charge in [0.25, 0.3) is 0 Å². The van der Waals surface area contributed by atoms with Crippen molar-refractivity contribution in [3.63, 3.8) is 0 Å². The van der Waals surface area contributed by atoms with E-state index in [9.17, 15) is 0 Å². The van der Waals surface area contributed by atoms with Crippen molar-refractivity contribution in [2.24, 2.45) is 0 Å². The number of nitrogens with zero attached hydrogens (tertiary/aromatic N) is 3. The first kappa shape index (κ1) is 23.2. The van der Waals surface area contributed by atoms with E-state index < -0.39 is 0 Å². The quantitative estimate of drug-likeness (QED) is 0.220. The molecule has 0 spiro atoms. The molecule has 5 aromatic carbocycles. The molecule has 40 heavy (non-hydrogen) atoms. The molecular formula is C35H21N3S2. The van der Waals surface area contributed by atoms with Crippen molar-refractivity contribution in [2.45, 2.75) is 0 Å². The molecule has 3 aromatic heterocycles. The van der Waals surface area contributed by atoms with E-state index in [1.807, 2.05) is 41.7 Å². The van der Waals surface area contributed by atoms with Gasteiger partial charge in [0.15, 0.2) is 5.82 Å². The van der Waals surface area contributed by atoms with E-state index in [2.05, 4.69) is 97.1 Å². The van der Waals surface area contributed by atoms with Gasteiger partial charge in [-0.15, -0.1) is 22.7 Å². The molecule has 188 valence electrons. The summed E-state index contributed by atoms with van der Waals surface area (Å²) in [5.74, 6) is 0.726. The highest BCUT2D eigenvalue weighted by Gasteiger charge is 2.18. The molecule has 0 saturated carbocycles. The molecule has 0 atom stereocenters. The topological polar surface area (TPSA) is 38.7 Å². The summed E-state index contributed by atoms with van der Waals surface area (Å²) >= 11 is 3.58. The maximum Gasteiger partial charge on any atom is 0.160 e. The number of hydrogen-bond donors (Lipinski definition) is 0. The predicted octanol–water partition coefficient (Wildman–Crippen LogP) is 10.1. The summed E-state index contributed by atoms with van der Waals surface area (Å²) in [6.07, 6.45) is 0. The van der Waals surface area contributed by atoms with Crippen molar-refractivity contribution >= 4 is 53.1 Å². The molecule has 0 N–H and O–H groups in total. The Kier molecular flexibility index (Phi) is 5.50. The molecule has 0 aliphatic carbocycles. The third-order valence-corrected chi connectivity index (χ3v) is 9.42. The second-order valence-electron chi connectivity index (χ2n) is 9.64. The Balaban J connectivity index is 1.37. The third-order valence-electron chi connectivity index (χ3n) is 7.15. The molecular weight excluding hydrogens is 527 g/mol. The van der Waals surface area contributed by atoms with Crippen LogP contribution in [-0.4, -0.2) is 15.0 Å². The van der Waals surface area contributed by atoms with Crippen LogP contribution in [0.15, 0.2) is 127 Å². The zero-order valence-electron chi connectivity index (χ0n) is 21.3. The number of benzene rings is 5. The summed E-state index contributed by atoms with van der Waals surface area (Å²) in [6.45, 7) is 0. The summed E-state index contributed by atoms with van der Waals surface area (Å²) in [5.41, 5.74) is 7.25. The second kappa shape index (κ2) is 9.49. The lowest BCUT2D eigenvalue weighted by atomic mass is 10.0. The number of rotatable bonds is 4. The average Bonchev–Trinajstić information content (AvgIpc) is 3.63. The van der Waals surface area contributed by atoms with Gasteiger partial charge in [-0.3, -0.25) is 0 Å². The van der Waals surface area contributed by atoms with E-state index in [-0.39, 0.29) is 0 Å². The van der Waals surface area contributed by atoms with Gasteiger partial charge in [0.2, 0.25) is 0 Å². The van der Waals surface area contributed by atoms with Crippen LogP contribution >= 0.6 is 22.7 Å². The van der Waals surface area contributed by atoms with Crippen molar-refractivity contribution in [3.8, 4) is 44.5 Å². The molecule has 3 heterocycles. The van der Waals surface area contributed by atoms with Crippen LogP contribution in [0.4, 0.5) is 0 Å². The molecule has 0 saturated heterocycles. The Labute approximate surface area is 239 Å². The average molecular weight is 548 g/mol. The van der Waals surface area contributed by atoms with Gasteiger partial charge in [0.05, 0.1) is 21.6 Å². The molecule has 3 nitrogen and oxygen atoms in total. The van der Waals surface area contributed by atoms with Gasteiger partial charge < -0.3 is 0 Å². The molecule has 0 aliphatic heterocycles. The third kappa shape index (κ3) is 3.90. The summed E-state index contributed by atoms with van der Waals surface area (Å²) in [5, 5.41) is 3.51. The standard InChI is InChI=1S/C35H21N3S2/c1-3-11-22(12-4-1)28-21-29(37-34(36-28)23-13-5-2-6-14-23)24-15-10-20-31-32(24)25-16-9-17-26(33(25)39-31)35-38-27-18-7-8-19-30(27)40-35/h1-21H. The van der Waals surface area contributed by atoms with Crippen LogP contribution in [0, 0.1) is 0 Å². The number of hydrogen-bond acceptors (Lipinski definition) is 5. The molecule has 5 heteroatoms. The van der Waals surface area contributed by atoms with Crippen LogP contribution in [0.1, 0.15) is 0 Å². The Morgan fingerprint density at radius 3 is 1.98 bits per heavy atom. The number of thiophene rings is 1. The van der Waals surface area contributed by atoms with Gasteiger partial charge in [-0.05, 0) is 24.3 Å². The van der Waals surface area contributed by atoms with E-state index in [0.717, 1.165) is 44.4 Å². The number of para-hydroxylation sites is 1. The van der Waals surface area contributed by atoms with Gasteiger partial charge in [-0.2, -0.15) is 0 Å². The normalized spacial score (nSPS) is 11.5. The second-order valence-corrected chi connectivity index (χ2v) is 11.7. The predicted molar refractivity (Wildman–Crippen MR) is 170 cm³/mol. The minimum Gasteiger partial charge on any atom is -0.236 e. The fourth-order valence-corrected chi connectivity index (χ4v) is 7.58. The highest BCUT2D eigenvalue weighted by Crippen LogP contribution is 2.45. The number of thiazole rings is 1. The van der Waals surface area contributed by atoms with Crippen molar-refractivity contribution in [1.29, 1.82) is 0 Å². The Morgan fingerprint density at radius 1 is 0.475 bits per heavy atom. The summed E-state index contributed by atoms with van der Waals surface area (Å²) in [7, 11) is 0. The number of fused-ring (bicyclic) bond motifs is 4. The molecule has 8 aromatic rings. The maximum atomic E-state index is 5.13. The molecule has 8 rings (SSSR count). The van der Waals surface area contributed by atoms with Crippen LogP contribution in [-0.2, 0) is 0 Å². The lowest BCUT2D eigenvalue weighted by Gasteiger charge is -2.10. The molecule has 0 unspecified atom stereocenters.